The minimum atomic E-state index is -0.0395. The topological polar surface area (TPSA) is 39.2 Å². The van der Waals surface area contributed by atoms with Crippen LogP contribution in [0.5, 0.6) is 0 Å². The van der Waals surface area contributed by atoms with E-state index in [1.54, 1.807) is 6.20 Å². The average Bonchev–Trinajstić information content (AvgIpc) is 3.10. The lowest BCUT2D eigenvalue weighted by Gasteiger charge is -2.03. The Hall–Kier alpha value is -1.38. The summed E-state index contributed by atoms with van der Waals surface area (Å²) in [6.07, 6.45) is 6.51. The Bertz CT molecular complexity index is 350. The molecule has 0 unspecified atom stereocenters. The van der Waals surface area contributed by atoms with Gasteiger partial charge >= 0.3 is 5.97 Å². The van der Waals surface area contributed by atoms with Gasteiger partial charge in [0.05, 0.1) is 12.5 Å². The Balaban J connectivity index is 1.80. The number of hydrogen-bond donors (Lipinski definition) is 0. The largest absolute Gasteiger partial charge is 0.465 e. The van der Waals surface area contributed by atoms with E-state index in [4.69, 9.17) is 4.74 Å². The number of unbranched alkanes of at least 4 members (excludes halogenated alkanes) is 1. The number of ether oxygens (including phenoxy) is 1. The highest BCUT2D eigenvalue weighted by atomic mass is 16.5. The third kappa shape index (κ3) is 2.60. The fourth-order valence-corrected chi connectivity index (χ4v) is 1.84. The Morgan fingerprint density at radius 3 is 3.19 bits per heavy atom. The highest BCUT2D eigenvalue weighted by molar-refractivity contribution is 5.77. The first-order valence-corrected chi connectivity index (χ1v) is 5.89. The lowest BCUT2D eigenvalue weighted by molar-refractivity contribution is -0.145. The summed E-state index contributed by atoms with van der Waals surface area (Å²) in [6, 6.07) is 3.93. The van der Waals surface area contributed by atoms with Crippen molar-refractivity contribution in [1.82, 2.24) is 4.98 Å². The number of rotatable bonds is 5. The van der Waals surface area contributed by atoms with E-state index < -0.39 is 0 Å². The molecule has 3 nitrogen and oxygen atoms in total. The third-order valence-corrected chi connectivity index (χ3v) is 2.95. The van der Waals surface area contributed by atoms with Crippen LogP contribution in [0.15, 0.2) is 24.5 Å². The molecule has 3 heteroatoms. The van der Waals surface area contributed by atoms with Gasteiger partial charge in [-0.05, 0) is 30.4 Å². The maximum Gasteiger partial charge on any atom is 0.309 e. The van der Waals surface area contributed by atoms with Crippen LogP contribution in [0, 0.1) is 5.92 Å². The van der Waals surface area contributed by atoms with E-state index in [0.717, 1.165) is 24.8 Å². The predicted octanol–water partition coefficient (Wildman–Crippen LogP) is 2.53. The lowest BCUT2D eigenvalue weighted by Crippen LogP contribution is -2.08. The van der Waals surface area contributed by atoms with E-state index in [-0.39, 0.29) is 11.9 Å². The van der Waals surface area contributed by atoms with Crippen LogP contribution in [-0.4, -0.2) is 17.6 Å². The number of hydrogen-bond acceptors (Lipinski definition) is 3. The molecule has 0 radical (unpaired) electrons. The summed E-state index contributed by atoms with van der Waals surface area (Å²) in [5, 5.41) is 0. The van der Waals surface area contributed by atoms with E-state index in [1.165, 1.54) is 0 Å². The van der Waals surface area contributed by atoms with Crippen LogP contribution < -0.4 is 0 Å². The lowest BCUT2D eigenvalue weighted by atomic mass is 10.1. The SMILES string of the molecule is CCCCOC(=O)[C@@H]1C[C@H]1c1cccnc1. The summed E-state index contributed by atoms with van der Waals surface area (Å²) in [4.78, 5) is 15.7. The van der Waals surface area contributed by atoms with E-state index in [0.29, 0.717) is 12.5 Å². The van der Waals surface area contributed by atoms with Crippen molar-refractivity contribution < 1.29 is 9.53 Å². The van der Waals surface area contributed by atoms with Crippen LogP contribution in [0.25, 0.3) is 0 Å². The summed E-state index contributed by atoms with van der Waals surface area (Å²) in [6.45, 7) is 2.65. The molecule has 2 rings (SSSR count). The molecule has 1 aromatic heterocycles. The van der Waals surface area contributed by atoms with Gasteiger partial charge < -0.3 is 4.74 Å². The fraction of sp³-hybridized carbons (Fsp3) is 0.538. The zero-order valence-electron chi connectivity index (χ0n) is 9.56. The second-order valence-electron chi connectivity index (χ2n) is 4.26. The number of esters is 1. The molecule has 1 saturated carbocycles. The highest BCUT2D eigenvalue weighted by Crippen LogP contribution is 2.47. The Morgan fingerprint density at radius 1 is 1.62 bits per heavy atom. The molecular formula is C13H17NO2. The van der Waals surface area contributed by atoms with Crippen molar-refractivity contribution in [2.75, 3.05) is 6.61 Å². The normalized spacial score (nSPS) is 22.8. The van der Waals surface area contributed by atoms with Crippen molar-refractivity contribution in [2.45, 2.75) is 32.1 Å². The molecule has 0 bridgehead atoms. The van der Waals surface area contributed by atoms with E-state index >= 15 is 0 Å². The second kappa shape index (κ2) is 5.10. The van der Waals surface area contributed by atoms with Gasteiger partial charge in [0.1, 0.15) is 0 Å². The molecule has 1 aromatic rings. The summed E-state index contributed by atoms with van der Waals surface area (Å²) < 4.78 is 5.20. The fourth-order valence-electron chi connectivity index (χ4n) is 1.84. The first-order chi connectivity index (χ1) is 7.83. The molecule has 1 fully saturated rings. The number of nitrogens with zero attached hydrogens (tertiary/aromatic N) is 1. The number of aromatic nitrogens is 1. The predicted molar refractivity (Wildman–Crippen MR) is 61.0 cm³/mol. The zero-order valence-corrected chi connectivity index (χ0v) is 9.56. The van der Waals surface area contributed by atoms with Crippen molar-refractivity contribution in [3.63, 3.8) is 0 Å². The summed E-state index contributed by atoms with van der Waals surface area (Å²) in [5.74, 6) is 0.367. The van der Waals surface area contributed by atoms with Crippen molar-refractivity contribution in [2.24, 2.45) is 5.92 Å². The molecule has 0 N–H and O–H groups in total. The first kappa shape index (κ1) is 11.1. The van der Waals surface area contributed by atoms with Gasteiger partial charge in [0, 0.05) is 12.4 Å². The molecule has 0 amide bonds. The van der Waals surface area contributed by atoms with Gasteiger partial charge in [-0.15, -0.1) is 0 Å². The van der Waals surface area contributed by atoms with Crippen LogP contribution in [0.2, 0.25) is 0 Å². The standard InChI is InChI=1S/C13H17NO2/c1-2-3-7-16-13(15)12-8-11(12)10-5-4-6-14-9-10/h4-6,9,11-12H,2-3,7-8H2,1H3/t11-,12+/m0/s1. The van der Waals surface area contributed by atoms with Crippen LogP contribution in [0.3, 0.4) is 0 Å². The average molecular weight is 219 g/mol. The van der Waals surface area contributed by atoms with Crippen molar-refractivity contribution in [3.8, 4) is 0 Å². The van der Waals surface area contributed by atoms with Crippen LogP contribution >= 0.6 is 0 Å². The molecule has 86 valence electrons. The van der Waals surface area contributed by atoms with Crippen molar-refractivity contribution in [3.05, 3.63) is 30.1 Å². The van der Waals surface area contributed by atoms with Crippen molar-refractivity contribution in [1.29, 1.82) is 0 Å². The number of carbonyl (C=O) groups excluding carboxylic acids is 1. The molecular weight excluding hydrogens is 202 g/mol. The quantitative estimate of drug-likeness (QED) is 0.564. The minimum absolute atomic E-state index is 0.0395. The molecule has 1 aliphatic rings. The van der Waals surface area contributed by atoms with Crippen LogP contribution in [0.1, 0.15) is 37.7 Å². The van der Waals surface area contributed by atoms with Gasteiger partial charge in [0.15, 0.2) is 0 Å². The van der Waals surface area contributed by atoms with Crippen LogP contribution in [-0.2, 0) is 9.53 Å². The molecule has 0 saturated heterocycles. The van der Waals surface area contributed by atoms with E-state index in [1.807, 2.05) is 18.3 Å². The Morgan fingerprint density at radius 2 is 2.50 bits per heavy atom. The maximum atomic E-state index is 11.6. The zero-order chi connectivity index (χ0) is 11.4. The van der Waals surface area contributed by atoms with Gasteiger partial charge in [-0.2, -0.15) is 0 Å². The Kier molecular flexibility index (Phi) is 3.54. The number of pyridine rings is 1. The maximum absolute atomic E-state index is 11.6. The monoisotopic (exact) mass is 219 g/mol. The minimum Gasteiger partial charge on any atom is -0.465 e. The van der Waals surface area contributed by atoms with E-state index in [2.05, 4.69) is 11.9 Å². The molecule has 1 aliphatic carbocycles. The third-order valence-electron chi connectivity index (χ3n) is 2.95. The molecule has 0 aromatic carbocycles. The molecule has 0 aliphatic heterocycles. The summed E-state index contributed by atoms with van der Waals surface area (Å²) >= 11 is 0. The van der Waals surface area contributed by atoms with E-state index in [9.17, 15) is 4.79 Å². The van der Waals surface area contributed by atoms with Gasteiger partial charge in [0.2, 0.25) is 0 Å². The van der Waals surface area contributed by atoms with Gasteiger partial charge in [-0.3, -0.25) is 9.78 Å². The first-order valence-electron chi connectivity index (χ1n) is 5.89. The number of carbonyl (C=O) groups is 1. The summed E-state index contributed by atoms with van der Waals surface area (Å²) in [7, 11) is 0. The van der Waals surface area contributed by atoms with Gasteiger partial charge in [-0.1, -0.05) is 19.4 Å². The second-order valence-corrected chi connectivity index (χ2v) is 4.26. The van der Waals surface area contributed by atoms with Gasteiger partial charge in [-0.25, -0.2) is 0 Å². The smallest absolute Gasteiger partial charge is 0.309 e. The highest BCUT2D eigenvalue weighted by Gasteiger charge is 2.45. The summed E-state index contributed by atoms with van der Waals surface area (Å²) in [5.41, 5.74) is 1.15. The molecule has 16 heavy (non-hydrogen) atoms. The molecule has 1 heterocycles. The van der Waals surface area contributed by atoms with Crippen molar-refractivity contribution >= 4 is 5.97 Å². The Labute approximate surface area is 95.8 Å². The van der Waals surface area contributed by atoms with Crippen LogP contribution in [0.4, 0.5) is 0 Å². The van der Waals surface area contributed by atoms with Gasteiger partial charge in [0.25, 0.3) is 0 Å². The molecule has 2 atom stereocenters. The molecule has 0 spiro atoms.